The summed E-state index contributed by atoms with van der Waals surface area (Å²) in [7, 11) is 0. The van der Waals surface area contributed by atoms with Crippen LogP contribution in [0.2, 0.25) is 0 Å². The van der Waals surface area contributed by atoms with Crippen LogP contribution in [-0.4, -0.2) is 0 Å². The van der Waals surface area contributed by atoms with Crippen molar-refractivity contribution in [3.8, 4) is 0 Å². The summed E-state index contributed by atoms with van der Waals surface area (Å²) in [6.45, 7) is 3.50. The van der Waals surface area contributed by atoms with Gasteiger partial charge in [-0.2, -0.15) is 0 Å². The summed E-state index contributed by atoms with van der Waals surface area (Å²) in [4.78, 5) is 0. The molecule has 0 spiro atoms. The molecule has 0 aliphatic carbocycles. The lowest BCUT2D eigenvalue weighted by Crippen LogP contribution is -1.84. The van der Waals surface area contributed by atoms with E-state index in [1.165, 1.54) is 0 Å². The second-order valence-electron chi connectivity index (χ2n) is 1.71. The summed E-state index contributed by atoms with van der Waals surface area (Å²) in [5.41, 5.74) is 0.460. The van der Waals surface area contributed by atoms with Gasteiger partial charge in [-0.1, -0.05) is 12.1 Å². The van der Waals surface area contributed by atoms with E-state index >= 15 is 0 Å². The topological polar surface area (TPSA) is 0 Å². The van der Waals surface area contributed by atoms with Crippen molar-refractivity contribution >= 4 is 22.6 Å². The first-order chi connectivity index (χ1) is 4.22. The van der Waals surface area contributed by atoms with Crippen molar-refractivity contribution in [3.05, 3.63) is 40.1 Å². The van der Waals surface area contributed by atoms with Gasteiger partial charge in [0.05, 0.1) is 0 Å². The van der Waals surface area contributed by atoms with Crippen molar-refractivity contribution < 1.29 is 4.39 Å². The highest BCUT2D eigenvalue weighted by atomic mass is 127. The lowest BCUT2D eigenvalue weighted by Gasteiger charge is -1.95. The number of rotatable bonds is 0. The Labute approximate surface area is 67.2 Å². The predicted molar refractivity (Wildman–Crippen MR) is 43.6 cm³/mol. The van der Waals surface area contributed by atoms with Crippen LogP contribution < -0.4 is 0 Å². The van der Waals surface area contributed by atoms with E-state index in [0.717, 1.165) is 0 Å². The second-order valence-corrected chi connectivity index (χ2v) is 2.88. The Kier molecular flexibility index (Phi) is 2.05. The SMILES string of the molecule is [CH2]c1cccc(I)c1F. The average Bonchev–Trinajstić information content (AvgIpc) is 1.83. The van der Waals surface area contributed by atoms with E-state index in [-0.39, 0.29) is 5.82 Å². The third-order valence-corrected chi connectivity index (χ3v) is 1.86. The van der Waals surface area contributed by atoms with Gasteiger partial charge in [-0.05, 0) is 41.1 Å². The Morgan fingerprint density at radius 2 is 2.11 bits per heavy atom. The summed E-state index contributed by atoms with van der Waals surface area (Å²) in [6, 6.07) is 5.15. The zero-order chi connectivity index (χ0) is 6.85. The molecule has 0 unspecified atom stereocenters. The van der Waals surface area contributed by atoms with Crippen LogP contribution in [0, 0.1) is 16.3 Å². The molecule has 1 rings (SSSR count). The molecular formula is C7H5FI. The smallest absolute Gasteiger partial charge is 0.139 e. The van der Waals surface area contributed by atoms with Gasteiger partial charge in [-0.3, -0.25) is 0 Å². The van der Waals surface area contributed by atoms with Gasteiger partial charge >= 0.3 is 0 Å². The van der Waals surface area contributed by atoms with Crippen LogP contribution >= 0.6 is 22.6 Å². The summed E-state index contributed by atoms with van der Waals surface area (Å²) >= 11 is 1.93. The van der Waals surface area contributed by atoms with Crippen LogP contribution in [-0.2, 0) is 0 Å². The highest BCUT2D eigenvalue weighted by Crippen LogP contribution is 2.12. The first-order valence-electron chi connectivity index (χ1n) is 2.48. The monoisotopic (exact) mass is 235 g/mol. The van der Waals surface area contributed by atoms with E-state index < -0.39 is 0 Å². The molecule has 0 saturated heterocycles. The minimum atomic E-state index is -0.210. The highest BCUT2D eigenvalue weighted by Gasteiger charge is 1.98. The molecule has 0 bridgehead atoms. The molecule has 0 aromatic heterocycles. The molecule has 47 valence electrons. The maximum absolute atomic E-state index is 12.7. The van der Waals surface area contributed by atoms with E-state index in [1.807, 2.05) is 22.6 Å². The molecule has 2 heteroatoms. The van der Waals surface area contributed by atoms with Crippen LogP contribution in [0.1, 0.15) is 5.56 Å². The van der Waals surface area contributed by atoms with Crippen molar-refractivity contribution in [1.29, 1.82) is 0 Å². The van der Waals surface area contributed by atoms with Crippen LogP contribution in [0.4, 0.5) is 4.39 Å². The minimum Gasteiger partial charge on any atom is -0.206 e. The zero-order valence-corrected chi connectivity index (χ0v) is 6.85. The Bertz CT molecular complexity index is 200. The van der Waals surface area contributed by atoms with Crippen LogP contribution in [0.5, 0.6) is 0 Å². The predicted octanol–water partition coefficient (Wildman–Crippen LogP) is 2.61. The second kappa shape index (κ2) is 2.64. The van der Waals surface area contributed by atoms with E-state index in [2.05, 4.69) is 6.92 Å². The lowest BCUT2D eigenvalue weighted by molar-refractivity contribution is 0.615. The third-order valence-electron chi connectivity index (χ3n) is 1.03. The summed E-state index contributed by atoms with van der Waals surface area (Å²) < 4.78 is 13.3. The fourth-order valence-electron chi connectivity index (χ4n) is 0.548. The van der Waals surface area contributed by atoms with E-state index in [9.17, 15) is 4.39 Å². The summed E-state index contributed by atoms with van der Waals surface area (Å²) in [5, 5.41) is 0. The summed E-state index contributed by atoms with van der Waals surface area (Å²) in [5.74, 6) is -0.210. The Morgan fingerprint density at radius 1 is 1.44 bits per heavy atom. The molecule has 1 aromatic rings. The van der Waals surface area contributed by atoms with Crippen molar-refractivity contribution in [2.75, 3.05) is 0 Å². The molecule has 9 heavy (non-hydrogen) atoms. The first-order valence-corrected chi connectivity index (χ1v) is 3.55. The van der Waals surface area contributed by atoms with Crippen molar-refractivity contribution in [3.63, 3.8) is 0 Å². The standard InChI is InChI=1S/C7H5FI/c1-5-3-2-4-6(9)7(5)8/h2-4H,1H2. The fraction of sp³-hybridized carbons (Fsp3) is 0. The van der Waals surface area contributed by atoms with Gasteiger partial charge in [-0.15, -0.1) is 0 Å². The van der Waals surface area contributed by atoms with Gasteiger partial charge in [0.25, 0.3) is 0 Å². The van der Waals surface area contributed by atoms with Gasteiger partial charge in [0.1, 0.15) is 5.82 Å². The molecule has 0 N–H and O–H groups in total. The van der Waals surface area contributed by atoms with Crippen molar-refractivity contribution in [1.82, 2.24) is 0 Å². The molecule has 1 aromatic carbocycles. The average molecular weight is 235 g/mol. The minimum absolute atomic E-state index is 0.210. The molecule has 0 atom stereocenters. The molecule has 0 amide bonds. The maximum atomic E-state index is 12.7. The highest BCUT2D eigenvalue weighted by molar-refractivity contribution is 14.1. The molecule has 0 fully saturated rings. The van der Waals surface area contributed by atoms with Crippen LogP contribution in [0.25, 0.3) is 0 Å². The Balaban J connectivity index is 3.25. The Hall–Kier alpha value is -0.120. The molecule has 0 aliphatic rings. The zero-order valence-electron chi connectivity index (χ0n) is 4.70. The molecule has 0 aliphatic heterocycles. The number of hydrogen-bond acceptors (Lipinski definition) is 0. The molecular weight excluding hydrogens is 230 g/mol. The van der Waals surface area contributed by atoms with E-state index in [1.54, 1.807) is 18.2 Å². The number of halogens is 2. The quantitative estimate of drug-likeness (QED) is 0.606. The Morgan fingerprint density at radius 3 is 2.56 bits per heavy atom. The lowest BCUT2D eigenvalue weighted by atomic mass is 10.2. The number of hydrogen-bond donors (Lipinski definition) is 0. The van der Waals surface area contributed by atoms with Gasteiger partial charge in [0.15, 0.2) is 0 Å². The largest absolute Gasteiger partial charge is 0.206 e. The molecule has 0 nitrogen and oxygen atoms in total. The summed E-state index contributed by atoms with van der Waals surface area (Å²) in [6.07, 6.45) is 0. The number of benzene rings is 1. The van der Waals surface area contributed by atoms with Crippen molar-refractivity contribution in [2.45, 2.75) is 0 Å². The van der Waals surface area contributed by atoms with Crippen LogP contribution in [0.3, 0.4) is 0 Å². The normalized spacial score (nSPS) is 9.67. The molecule has 1 radical (unpaired) electrons. The van der Waals surface area contributed by atoms with Gasteiger partial charge in [0.2, 0.25) is 0 Å². The fourth-order valence-corrected chi connectivity index (χ4v) is 1.10. The van der Waals surface area contributed by atoms with E-state index in [4.69, 9.17) is 0 Å². The molecule has 0 saturated carbocycles. The van der Waals surface area contributed by atoms with Gasteiger partial charge < -0.3 is 0 Å². The van der Waals surface area contributed by atoms with Crippen molar-refractivity contribution in [2.24, 2.45) is 0 Å². The maximum Gasteiger partial charge on any atom is 0.139 e. The first kappa shape index (κ1) is 6.99. The van der Waals surface area contributed by atoms with Gasteiger partial charge in [-0.25, -0.2) is 4.39 Å². The third kappa shape index (κ3) is 1.41. The van der Waals surface area contributed by atoms with Gasteiger partial charge in [0, 0.05) is 3.57 Å². The molecule has 0 heterocycles. The van der Waals surface area contributed by atoms with E-state index in [0.29, 0.717) is 9.13 Å². The van der Waals surface area contributed by atoms with Crippen LogP contribution in [0.15, 0.2) is 18.2 Å².